The van der Waals surface area contributed by atoms with Crippen molar-refractivity contribution in [2.75, 3.05) is 6.61 Å². The van der Waals surface area contributed by atoms with Crippen LogP contribution in [-0.2, 0) is 0 Å². The molecule has 1 aromatic carbocycles. The summed E-state index contributed by atoms with van der Waals surface area (Å²) >= 11 is 0. The Kier molecular flexibility index (Phi) is 3.66. The van der Waals surface area contributed by atoms with Gasteiger partial charge in [-0.2, -0.15) is 5.26 Å². The summed E-state index contributed by atoms with van der Waals surface area (Å²) in [6.07, 6.45) is 0. The van der Waals surface area contributed by atoms with Gasteiger partial charge in [0.2, 0.25) is 0 Å². The standard InChI is InChI=1S/C11H13N3O3/c1-8-3-4-9(14(15)16)5-10(8)17-7-11(2,13)6-12/h3-5H,7,13H2,1-2H3. The molecule has 0 heterocycles. The normalized spacial score (nSPS) is 13.5. The Hall–Kier alpha value is -2.13. The molecule has 0 radical (unpaired) electrons. The highest BCUT2D eigenvalue weighted by Crippen LogP contribution is 2.24. The van der Waals surface area contributed by atoms with Gasteiger partial charge in [0, 0.05) is 6.07 Å². The molecule has 6 nitrogen and oxygen atoms in total. The molecule has 0 aliphatic carbocycles. The van der Waals surface area contributed by atoms with Crippen LogP contribution in [0.5, 0.6) is 5.75 Å². The third kappa shape index (κ3) is 3.43. The van der Waals surface area contributed by atoms with Crippen LogP contribution in [0, 0.1) is 28.4 Å². The molecule has 0 aliphatic rings. The molecule has 0 saturated carbocycles. The molecule has 0 aliphatic heterocycles. The lowest BCUT2D eigenvalue weighted by molar-refractivity contribution is -0.385. The second-order valence-corrected chi connectivity index (χ2v) is 4.02. The van der Waals surface area contributed by atoms with Crippen LogP contribution in [-0.4, -0.2) is 17.1 Å². The maximum absolute atomic E-state index is 10.6. The average Bonchev–Trinajstić information content (AvgIpc) is 2.27. The Morgan fingerprint density at radius 1 is 1.65 bits per heavy atom. The summed E-state index contributed by atoms with van der Waals surface area (Å²) in [7, 11) is 0. The van der Waals surface area contributed by atoms with Gasteiger partial charge in [0.1, 0.15) is 17.9 Å². The third-order valence-corrected chi connectivity index (χ3v) is 2.17. The smallest absolute Gasteiger partial charge is 0.273 e. The molecule has 2 N–H and O–H groups in total. The van der Waals surface area contributed by atoms with E-state index in [-0.39, 0.29) is 12.3 Å². The Morgan fingerprint density at radius 2 is 2.29 bits per heavy atom. The summed E-state index contributed by atoms with van der Waals surface area (Å²) in [5, 5.41) is 19.3. The minimum Gasteiger partial charge on any atom is -0.490 e. The van der Waals surface area contributed by atoms with Crippen LogP contribution in [0.4, 0.5) is 5.69 Å². The molecule has 17 heavy (non-hydrogen) atoms. The van der Waals surface area contributed by atoms with Gasteiger partial charge in [-0.15, -0.1) is 0 Å². The van der Waals surface area contributed by atoms with Crippen molar-refractivity contribution in [3.05, 3.63) is 33.9 Å². The van der Waals surface area contributed by atoms with E-state index in [1.165, 1.54) is 19.1 Å². The van der Waals surface area contributed by atoms with E-state index in [4.69, 9.17) is 15.7 Å². The lowest BCUT2D eigenvalue weighted by Crippen LogP contribution is -2.40. The molecular weight excluding hydrogens is 222 g/mol. The summed E-state index contributed by atoms with van der Waals surface area (Å²) in [5.74, 6) is 0.367. The number of rotatable bonds is 4. The lowest BCUT2D eigenvalue weighted by atomic mass is 10.1. The number of nitro benzene ring substituents is 1. The van der Waals surface area contributed by atoms with Gasteiger partial charge in [0.05, 0.1) is 17.1 Å². The molecule has 1 unspecified atom stereocenters. The van der Waals surface area contributed by atoms with Gasteiger partial charge in [-0.05, 0) is 25.5 Å². The summed E-state index contributed by atoms with van der Waals surface area (Å²) in [6.45, 7) is 3.27. The molecule has 0 spiro atoms. The monoisotopic (exact) mass is 235 g/mol. The molecule has 6 heteroatoms. The number of nitrogens with two attached hydrogens (primary N) is 1. The largest absolute Gasteiger partial charge is 0.490 e. The Bertz CT molecular complexity index is 477. The second-order valence-electron chi connectivity index (χ2n) is 4.02. The van der Waals surface area contributed by atoms with Gasteiger partial charge in [-0.3, -0.25) is 10.1 Å². The van der Waals surface area contributed by atoms with Gasteiger partial charge >= 0.3 is 0 Å². The predicted octanol–water partition coefficient (Wildman–Crippen LogP) is 1.52. The van der Waals surface area contributed by atoms with E-state index < -0.39 is 10.5 Å². The molecule has 1 aromatic rings. The molecule has 90 valence electrons. The molecule has 0 saturated heterocycles. The zero-order valence-electron chi connectivity index (χ0n) is 9.64. The lowest BCUT2D eigenvalue weighted by Gasteiger charge is -2.17. The number of ether oxygens (including phenoxy) is 1. The first kappa shape index (κ1) is 12.9. The molecule has 0 fully saturated rings. The topological polar surface area (TPSA) is 102 Å². The van der Waals surface area contributed by atoms with E-state index in [2.05, 4.69) is 0 Å². The fourth-order valence-corrected chi connectivity index (χ4v) is 1.12. The van der Waals surface area contributed by atoms with Crippen molar-refractivity contribution >= 4 is 5.69 Å². The number of benzene rings is 1. The van der Waals surface area contributed by atoms with Crippen molar-refractivity contribution in [2.24, 2.45) is 5.73 Å². The Labute approximate surface area is 98.8 Å². The molecule has 0 aromatic heterocycles. The van der Waals surface area contributed by atoms with Crippen LogP contribution < -0.4 is 10.5 Å². The minimum absolute atomic E-state index is 0.0223. The van der Waals surface area contributed by atoms with Gasteiger partial charge in [0.15, 0.2) is 0 Å². The second kappa shape index (κ2) is 4.80. The first-order valence-electron chi connectivity index (χ1n) is 4.94. The molecule has 0 bridgehead atoms. The SMILES string of the molecule is Cc1ccc([N+](=O)[O-])cc1OCC(C)(N)C#N. The zero-order chi connectivity index (χ0) is 13.1. The van der Waals surface area contributed by atoms with E-state index in [0.29, 0.717) is 5.75 Å². The number of nitro groups is 1. The van der Waals surface area contributed by atoms with Crippen molar-refractivity contribution < 1.29 is 9.66 Å². The summed E-state index contributed by atoms with van der Waals surface area (Å²) < 4.78 is 5.33. The van der Waals surface area contributed by atoms with Gasteiger partial charge < -0.3 is 10.5 Å². The van der Waals surface area contributed by atoms with Crippen LogP contribution >= 0.6 is 0 Å². The fourth-order valence-electron chi connectivity index (χ4n) is 1.12. The number of hydrogen-bond acceptors (Lipinski definition) is 5. The van der Waals surface area contributed by atoms with Gasteiger partial charge in [0.25, 0.3) is 5.69 Å². The number of hydrogen-bond donors (Lipinski definition) is 1. The van der Waals surface area contributed by atoms with Crippen molar-refractivity contribution in [1.82, 2.24) is 0 Å². The van der Waals surface area contributed by atoms with E-state index in [9.17, 15) is 10.1 Å². The molecular formula is C11H13N3O3. The van der Waals surface area contributed by atoms with Crippen LogP contribution in [0.25, 0.3) is 0 Å². The molecule has 1 rings (SSSR count). The first-order chi connectivity index (χ1) is 7.85. The number of nitrogens with zero attached hydrogens (tertiary/aromatic N) is 2. The maximum Gasteiger partial charge on any atom is 0.273 e. The molecule has 1 atom stereocenters. The third-order valence-electron chi connectivity index (χ3n) is 2.17. The van der Waals surface area contributed by atoms with Crippen molar-refractivity contribution in [2.45, 2.75) is 19.4 Å². The number of non-ortho nitro benzene ring substituents is 1. The highest BCUT2D eigenvalue weighted by molar-refractivity contribution is 5.43. The Morgan fingerprint density at radius 3 is 2.82 bits per heavy atom. The van der Waals surface area contributed by atoms with Crippen molar-refractivity contribution in [1.29, 1.82) is 5.26 Å². The van der Waals surface area contributed by atoms with Gasteiger partial charge in [-0.1, -0.05) is 0 Å². The number of aryl methyl sites for hydroxylation is 1. The van der Waals surface area contributed by atoms with Crippen LogP contribution in [0.1, 0.15) is 12.5 Å². The number of nitriles is 1. The molecule has 0 amide bonds. The quantitative estimate of drug-likeness (QED) is 0.629. The fraction of sp³-hybridized carbons (Fsp3) is 0.364. The van der Waals surface area contributed by atoms with E-state index in [0.717, 1.165) is 5.56 Å². The average molecular weight is 235 g/mol. The summed E-state index contributed by atoms with van der Waals surface area (Å²) in [5.41, 5.74) is 5.18. The van der Waals surface area contributed by atoms with Crippen molar-refractivity contribution in [3.8, 4) is 11.8 Å². The highest BCUT2D eigenvalue weighted by atomic mass is 16.6. The maximum atomic E-state index is 10.6. The van der Waals surface area contributed by atoms with Gasteiger partial charge in [-0.25, -0.2) is 0 Å². The van der Waals surface area contributed by atoms with Crippen LogP contribution in [0.15, 0.2) is 18.2 Å². The van der Waals surface area contributed by atoms with E-state index in [1.807, 2.05) is 6.07 Å². The highest BCUT2D eigenvalue weighted by Gasteiger charge is 2.19. The zero-order valence-corrected chi connectivity index (χ0v) is 9.64. The summed E-state index contributed by atoms with van der Waals surface area (Å²) in [6, 6.07) is 6.20. The van der Waals surface area contributed by atoms with E-state index in [1.54, 1.807) is 13.0 Å². The van der Waals surface area contributed by atoms with Crippen molar-refractivity contribution in [3.63, 3.8) is 0 Å². The Balaban J connectivity index is 2.88. The first-order valence-corrected chi connectivity index (χ1v) is 4.94. The van der Waals surface area contributed by atoms with Crippen LogP contribution in [0.3, 0.4) is 0 Å². The minimum atomic E-state index is -1.11. The van der Waals surface area contributed by atoms with E-state index >= 15 is 0 Å². The van der Waals surface area contributed by atoms with Crippen LogP contribution in [0.2, 0.25) is 0 Å². The predicted molar refractivity (Wildman–Crippen MR) is 61.5 cm³/mol. The summed E-state index contributed by atoms with van der Waals surface area (Å²) in [4.78, 5) is 10.1.